The van der Waals surface area contributed by atoms with Crippen LogP contribution in [-0.2, 0) is 4.74 Å². The third-order valence-electron chi connectivity index (χ3n) is 2.29. The highest BCUT2D eigenvalue weighted by molar-refractivity contribution is 5.33. The second-order valence-corrected chi connectivity index (χ2v) is 4.32. The lowest BCUT2D eigenvalue weighted by atomic mass is 10.0. The van der Waals surface area contributed by atoms with Crippen molar-refractivity contribution in [3.63, 3.8) is 0 Å². The fourth-order valence-corrected chi connectivity index (χ4v) is 1.62. The van der Waals surface area contributed by atoms with E-state index in [1.807, 2.05) is 6.08 Å². The van der Waals surface area contributed by atoms with Gasteiger partial charge in [-0.25, -0.2) is 0 Å². The Kier molecular flexibility index (Phi) is 3.56. The highest BCUT2D eigenvalue weighted by Crippen LogP contribution is 2.34. The monoisotopic (exact) mass is 192 g/mol. The Balaban J connectivity index is 2.70. The van der Waals surface area contributed by atoms with Crippen molar-refractivity contribution in [2.75, 3.05) is 0 Å². The first-order valence-electron chi connectivity index (χ1n) is 5.30. The number of unbranched alkanes of at least 4 members (excludes halogenated alkanes) is 1. The summed E-state index contributed by atoms with van der Waals surface area (Å²) in [6, 6.07) is 0. The molecule has 1 aliphatic rings. The number of hydrogen-bond acceptors (Lipinski definition) is 1. The lowest BCUT2D eigenvalue weighted by molar-refractivity contribution is 0.0682. The summed E-state index contributed by atoms with van der Waals surface area (Å²) in [7, 11) is 0. The zero-order valence-electron chi connectivity index (χ0n) is 9.47. The fraction of sp³-hybridized carbons (Fsp3) is 0.538. The van der Waals surface area contributed by atoms with Crippen LogP contribution in [0.4, 0.5) is 0 Å². The van der Waals surface area contributed by atoms with E-state index in [2.05, 4.69) is 39.5 Å². The van der Waals surface area contributed by atoms with Gasteiger partial charge in [0.15, 0.2) is 0 Å². The van der Waals surface area contributed by atoms with Crippen LogP contribution in [0.5, 0.6) is 0 Å². The standard InChI is InChI=1S/C13H20O/c1-5-7-8-9-12-11(6-2)10-13(3,4)14-12/h6,8-9H,2,5,7,10H2,1,3-4H3/b9-8-. The van der Waals surface area contributed by atoms with E-state index in [1.54, 1.807) is 0 Å². The molecule has 0 bridgehead atoms. The summed E-state index contributed by atoms with van der Waals surface area (Å²) in [6.45, 7) is 10.2. The van der Waals surface area contributed by atoms with Crippen LogP contribution in [-0.4, -0.2) is 5.60 Å². The maximum absolute atomic E-state index is 5.82. The molecule has 1 aliphatic heterocycles. The molecule has 1 nitrogen and oxygen atoms in total. The van der Waals surface area contributed by atoms with Gasteiger partial charge >= 0.3 is 0 Å². The van der Waals surface area contributed by atoms with Crippen LogP contribution in [0.15, 0.2) is 36.1 Å². The predicted octanol–water partition coefficient (Wildman–Crippen LogP) is 3.98. The Morgan fingerprint density at radius 2 is 2.21 bits per heavy atom. The molecular weight excluding hydrogens is 172 g/mol. The molecule has 1 heterocycles. The van der Waals surface area contributed by atoms with E-state index in [1.165, 1.54) is 12.0 Å². The normalized spacial score (nSPS) is 20.2. The van der Waals surface area contributed by atoms with Crippen LogP contribution in [0.25, 0.3) is 0 Å². The summed E-state index contributed by atoms with van der Waals surface area (Å²) in [5.41, 5.74) is 1.16. The minimum absolute atomic E-state index is 0.0601. The smallest absolute Gasteiger partial charge is 0.123 e. The molecule has 0 unspecified atom stereocenters. The summed E-state index contributed by atoms with van der Waals surface area (Å²) in [6.07, 6.45) is 9.40. The van der Waals surface area contributed by atoms with E-state index >= 15 is 0 Å². The topological polar surface area (TPSA) is 9.23 Å². The van der Waals surface area contributed by atoms with Crippen molar-refractivity contribution in [3.05, 3.63) is 36.1 Å². The van der Waals surface area contributed by atoms with Gasteiger partial charge in [-0.1, -0.05) is 32.1 Å². The zero-order chi connectivity index (χ0) is 10.6. The van der Waals surface area contributed by atoms with Gasteiger partial charge in [-0.2, -0.15) is 0 Å². The lowest BCUT2D eigenvalue weighted by Gasteiger charge is -2.18. The molecule has 0 saturated heterocycles. The molecule has 78 valence electrons. The average Bonchev–Trinajstić information content (AvgIpc) is 2.41. The second kappa shape index (κ2) is 4.50. The molecule has 0 radical (unpaired) electrons. The molecule has 0 amide bonds. The van der Waals surface area contributed by atoms with Crippen LogP contribution < -0.4 is 0 Å². The van der Waals surface area contributed by atoms with E-state index in [-0.39, 0.29) is 5.60 Å². The van der Waals surface area contributed by atoms with E-state index in [0.29, 0.717) is 0 Å². The van der Waals surface area contributed by atoms with E-state index < -0.39 is 0 Å². The summed E-state index contributed by atoms with van der Waals surface area (Å²) in [4.78, 5) is 0. The van der Waals surface area contributed by atoms with Crippen molar-refractivity contribution >= 4 is 0 Å². The molecular formula is C13H20O. The van der Waals surface area contributed by atoms with Gasteiger partial charge in [0, 0.05) is 6.42 Å². The average molecular weight is 192 g/mol. The summed E-state index contributed by atoms with van der Waals surface area (Å²) in [5.74, 6) is 0.999. The Morgan fingerprint density at radius 1 is 1.50 bits per heavy atom. The van der Waals surface area contributed by atoms with Gasteiger partial charge in [-0.05, 0) is 31.9 Å². The Labute approximate surface area is 87.2 Å². The highest BCUT2D eigenvalue weighted by atomic mass is 16.5. The Morgan fingerprint density at radius 3 is 2.79 bits per heavy atom. The first-order chi connectivity index (χ1) is 6.59. The number of rotatable bonds is 4. The third kappa shape index (κ3) is 2.76. The summed E-state index contributed by atoms with van der Waals surface area (Å²) >= 11 is 0. The molecule has 0 aromatic carbocycles. The van der Waals surface area contributed by atoms with Crippen LogP contribution in [0.3, 0.4) is 0 Å². The van der Waals surface area contributed by atoms with Crippen LogP contribution in [0, 0.1) is 0 Å². The Bertz CT molecular complexity index is 269. The van der Waals surface area contributed by atoms with Crippen LogP contribution in [0.2, 0.25) is 0 Å². The number of ether oxygens (including phenoxy) is 1. The molecule has 0 aromatic rings. The van der Waals surface area contributed by atoms with Gasteiger partial charge in [0.05, 0.1) is 0 Å². The second-order valence-electron chi connectivity index (χ2n) is 4.32. The largest absolute Gasteiger partial charge is 0.487 e. The molecule has 14 heavy (non-hydrogen) atoms. The fourth-order valence-electron chi connectivity index (χ4n) is 1.62. The van der Waals surface area contributed by atoms with E-state index in [9.17, 15) is 0 Å². The van der Waals surface area contributed by atoms with Crippen molar-refractivity contribution in [2.24, 2.45) is 0 Å². The van der Waals surface area contributed by atoms with Gasteiger partial charge in [0.25, 0.3) is 0 Å². The van der Waals surface area contributed by atoms with Crippen molar-refractivity contribution in [2.45, 2.75) is 45.6 Å². The minimum Gasteiger partial charge on any atom is -0.487 e. The van der Waals surface area contributed by atoms with Crippen LogP contribution >= 0.6 is 0 Å². The van der Waals surface area contributed by atoms with Crippen molar-refractivity contribution < 1.29 is 4.74 Å². The molecule has 0 fully saturated rings. The van der Waals surface area contributed by atoms with Gasteiger partial charge in [0.2, 0.25) is 0 Å². The molecule has 0 aliphatic carbocycles. The quantitative estimate of drug-likeness (QED) is 0.654. The molecule has 0 atom stereocenters. The third-order valence-corrected chi connectivity index (χ3v) is 2.29. The maximum atomic E-state index is 5.82. The lowest BCUT2D eigenvalue weighted by Crippen LogP contribution is -2.17. The van der Waals surface area contributed by atoms with Gasteiger partial charge in [-0.3, -0.25) is 0 Å². The first kappa shape index (κ1) is 11.1. The first-order valence-corrected chi connectivity index (χ1v) is 5.30. The number of hydrogen-bond donors (Lipinski definition) is 0. The van der Waals surface area contributed by atoms with Gasteiger partial charge in [0.1, 0.15) is 11.4 Å². The molecule has 1 rings (SSSR count). The highest BCUT2D eigenvalue weighted by Gasteiger charge is 2.29. The van der Waals surface area contributed by atoms with Crippen molar-refractivity contribution in [1.29, 1.82) is 0 Å². The van der Waals surface area contributed by atoms with Crippen LogP contribution in [0.1, 0.15) is 40.0 Å². The molecule has 0 N–H and O–H groups in total. The van der Waals surface area contributed by atoms with Gasteiger partial charge < -0.3 is 4.74 Å². The summed E-state index contributed by atoms with van der Waals surface area (Å²) in [5, 5.41) is 0. The van der Waals surface area contributed by atoms with E-state index in [4.69, 9.17) is 4.74 Å². The maximum Gasteiger partial charge on any atom is 0.123 e. The summed E-state index contributed by atoms with van der Waals surface area (Å²) < 4.78 is 5.82. The molecule has 0 aromatic heterocycles. The van der Waals surface area contributed by atoms with E-state index in [0.717, 1.165) is 18.6 Å². The Hall–Kier alpha value is -0.980. The minimum atomic E-state index is -0.0601. The molecule has 1 heteroatoms. The predicted molar refractivity (Wildman–Crippen MR) is 61.1 cm³/mol. The van der Waals surface area contributed by atoms with Gasteiger partial charge in [-0.15, -0.1) is 0 Å². The SMILES string of the molecule is C=CC1=C(/C=C\CCC)OC(C)(C)C1. The number of allylic oxidation sites excluding steroid dienone is 3. The van der Waals surface area contributed by atoms with Crippen molar-refractivity contribution in [1.82, 2.24) is 0 Å². The molecule has 0 saturated carbocycles. The zero-order valence-corrected chi connectivity index (χ0v) is 9.47. The molecule has 0 spiro atoms. The van der Waals surface area contributed by atoms with Crippen molar-refractivity contribution in [3.8, 4) is 0 Å².